The zero-order valence-electron chi connectivity index (χ0n) is 11.1. The zero-order chi connectivity index (χ0) is 14.1. The minimum atomic E-state index is -0.261. The monoisotopic (exact) mass is 307 g/mol. The molecule has 0 saturated carbocycles. The fourth-order valence-electron chi connectivity index (χ4n) is 2.08. The molecule has 0 atom stereocenters. The van der Waals surface area contributed by atoms with Crippen molar-refractivity contribution < 1.29 is 9.53 Å². The topological polar surface area (TPSA) is 56.5 Å². The summed E-state index contributed by atoms with van der Waals surface area (Å²) < 4.78 is 7.99. The Labute approximate surface area is 124 Å². The van der Waals surface area contributed by atoms with Crippen LogP contribution in [0.15, 0.2) is 22.5 Å². The Morgan fingerprint density at radius 1 is 1.45 bits per heavy atom. The second-order valence-electron chi connectivity index (χ2n) is 4.17. The van der Waals surface area contributed by atoms with Crippen molar-refractivity contribution in [2.75, 3.05) is 12.9 Å². The summed E-state index contributed by atoms with van der Waals surface area (Å²) in [5.74, 6) is 0.907. The quantitative estimate of drug-likeness (QED) is 0.548. The molecule has 5 nitrogen and oxygen atoms in total. The van der Waals surface area contributed by atoms with Crippen LogP contribution < -0.4 is 0 Å². The molecule has 3 heterocycles. The molecule has 7 heteroatoms. The van der Waals surface area contributed by atoms with Crippen LogP contribution in [0, 0.1) is 0 Å². The van der Waals surface area contributed by atoms with Crippen LogP contribution >= 0.6 is 23.1 Å². The molecule has 0 unspecified atom stereocenters. The van der Waals surface area contributed by atoms with Gasteiger partial charge in [0, 0.05) is 6.42 Å². The third kappa shape index (κ3) is 2.16. The molecular weight excluding hydrogens is 294 g/mol. The molecule has 0 bridgehead atoms. The van der Waals surface area contributed by atoms with E-state index in [1.807, 2.05) is 0 Å². The average molecular weight is 307 g/mol. The zero-order valence-corrected chi connectivity index (χ0v) is 12.8. The number of fused-ring (bicyclic) bond motifs is 3. The number of esters is 1. The molecule has 3 aromatic heterocycles. The van der Waals surface area contributed by atoms with E-state index in [9.17, 15) is 4.79 Å². The maximum absolute atomic E-state index is 11.3. The predicted molar refractivity (Wildman–Crippen MR) is 80.5 cm³/mol. The Hall–Kier alpha value is -1.60. The van der Waals surface area contributed by atoms with Gasteiger partial charge in [-0.2, -0.15) is 0 Å². The minimum Gasteiger partial charge on any atom is -0.468 e. The predicted octanol–water partition coefficient (Wildman–Crippen LogP) is 2.77. The molecule has 20 heavy (non-hydrogen) atoms. The van der Waals surface area contributed by atoms with Crippen LogP contribution in [-0.2, 0) is 16.0 Å². The number of carbonyl (C=O) groups is 1. The molecule has 0 aliphatic rings. The number of methoxy groups -OCH3 is 1. The normalized spacial score (nSPS) is 11.3. The van der Waals surface area contributed by atoms with Crippen molar-refractivity contribution in [3.8, 4) is 0 Å². The van der Waals surface area contributed by atoms with E-state index in [0.29, 0.717) is 0 Å². The van der Waals surface area contributed by atoms with E-state index >= 15 is 0 Å². The molecule has 3 rings (SSSR count). The Morgan fingerprint density at radius 2 is 2.30 bits per heavy atom. The smallest absolute Gasteiger partial charge is 0.316 e. The summed E-state index contributed by atoms with van der Waals surface area (Å²) >= 11 is 3.05. The van der Waals surface area contributed by atoms with Gasteiger partial charge in [0.1, 0.15) is 10.9 Å². The van der Waals surface area contributed by atoms with Crippen LogP contribution in [0.4, 0.5) is 0 Å². The summed E-state index contributed by atoms with van der Waals surface area (Å²) in [5.41, 5.74) is 2.16. The van der Waals surface area contributed by atoms with E-state index < -0.39 is 0 Å². The maximum atomic E-state index is 11.3. The highest BCUT2D eigenvalue weighted by atomic mass is 32.2. The molecule has 0 saturated heterocycles. The summed E-state index contributed by atoms with van der Waals surface area (Å²) in [5, 5.41) is 11.4. The Bertz CT molecular complexity index is 778. The molecule has 0 amide bonds. The highest BCUT2D eigenvalue weighted by Crippen LogP contribution is 2.31. The third-order valence-electron chi connectivity index (χ3n) is 3.03. The summed E-state index contributed by atoms with van der Waals surface area (Å²) in [7, 11) is 1.39. The second-order valence-corrected chi connectivity index (χ2v) is 6.09. The van der Waals surface area contributed by atoms with Crippen LogP contribution in [0.1, 0.15) is 12.7 Å². The first-order chi connectivity index (χ1) is 9.74. The number of ether oxygens (including phenoxy) is 1. The van der Waals surface area contributed by atoms with Gasteiger partial charge >= 0.3 is 5.97 Å². The Balaban J connectivity index is 2.11. The first-order valence-electron chi connectivity index (χ1n) is 6.18. The van der Waals surface area contributed by atoms with E-state index in [1.165, 1.54) is 23.6 Å². The molecule has 0 fully saturated rings. The molecule has 0 aliphatic carbocycles. The molecule has 0 radical (unpaired) electrons. The van der Waals surface area contributed by atoms with E-state index in [4.69, 9.17) is 0 Å². The number of hydrogen-bond acceptors (Lipinski definition) is 6. The van der Waals surface area contributed by atoms with Gasteiger partial charge in [-0.05, 0) is 17.5 Å². The number of aromatic nitrogens is 3. The molecule has 0 aliphatic heterocycles. The van der Waals surface area contributed by atoms with E-state index in [-0.39, 0.29) is 11.7 Å². The maximum Gasteiger partial charge on any atom is 0.316 e. The van der Waals surface area contributed by atoms with E-state index in [1.54, 1.807) is 11.3 Å². The number of aryl methyl sites for hydroxylation is 1. The van der Waals surface area contributed by atoms with Crippen LogP contribution in [0.5, 0.6) is 0 Å². The lowest BCUT2D eigenvalue weighted by Crippen LogP contribution is -2.06. The largest absolute Gasteiger partial charge is 0.468 e. The number of thioether (sulfide) groups is 1. The van der Waals surface area contributed by atoms with Gasteiger partial charge in [-0.1, -0.05) is 18.7 Å². The van der Waals surface area contributed by atoms with Gasteiger partial charge < -0.3 is 4.74 Å². The van der Waals surface area contributed by atoms with E-state index in [0.717, 1.165) is 28.3 Å². The number of carbonyl (C=O) groups excluding carboxylic acids is 1. The molecule has 0 N–H and O–H groups in total. The number of rotatable bonds is 4. The SMILES string of the molecule is CCc1nnc(SCC(=O)OC)c2cc3sccc3n12. The fraction of sp³-hybridized carbons (Fsp3) is 0.308. The molecular formula is C13H13N3O2S2. The number of thiophene rings is 1. The van der Waals surface area contributed by atoms with Crippen LogP contribution in [0.25, 0.3) is 15.7 Å². The minimum absolute atomic E-state index is 0.241. The lowest BCUT2D eigenvalue weighted by molar-refractivity contribution is -0.137. The molecule has 3 aromatic rings. The molecule has 0 aromatic carbocycles. The van der Waals surface area contributed by atoms with Gasteiger partial charge in [0.15, 0.2) is 0 Å². The van der Waals surface area contributed by atoms with Crippen molar-refractivity contribution >= 4 is 44.8 Å². The summed E-state index contributed by atoms with van der Waals surface area (Å²) in [6.07, 6.45) is 0.811. The first kappa shape index (κ1) is 13.4. The van der Waals surface area contributed by atoms with Gasteiger partial charge in [0.25, 0.3) is 0 Å². The Kier molecular flexibility index (Phi) is 3.62. The molecule has 104 valence electrons. The Morgan fingerprint density at radius 3 is 3.05 bits per heavy atom. The number of hydrogen-bond donors (Lipinski definition) is 0. The van der Waals surface area contributed by atoms with Crippen molar-refractivity contribution in [2.24, 2.45) is 0 Å². The van der Waals surface area contributed by atoms with Gasteiger partial charge in [-0.15, -0.1) is 21.5 Å². The van der Waals surface area contributed by atoms with Crippen LogP contribution in [0.3, 0.4) is 0 Å². The van der Waals surface area contributed by atoms with Crippen LogP contribution in [-0.4, -0.2) is 33.4 Å². The van der Waals surface area contributed by atoms with Crippen molar-refractivity contribution in [2.45, 2.75) is 18.4 Å². The van der Waals surface area contributed by atoms with Crippen molar-refractivity contribution in [3.05, 3.63) is 23.3 Å². The summed E-state index contributed by atoms with van der Waals surface area (Å²) in [6.45, 7) is 2.06. The average Bonchev–Trinajstić information content (AvgIpc) is 3.05. The van der Waals surface area contributed by atoms with E-state index in [2.05, 4.69) is 43.8 Å². The first-order valence-corrected chi connectivity index (χ1v) is 8.05. The highest BCUT2D eigenvalue weighted by Gasteiger charge is 2.14. The van der Waals surface area contributed by atoms with Gasteiger partial charge in [-0.3, -0.25) is 9.20 Å². The third-order valence-corrected chi connectivity index (χ3v) is 4.82. The molecule has 0 spiro atoms. The van der Waals surface area contributed by atoms with Gasteiger partial charge in [0.05, 0.1) is 28.6 Å². The number of nitrogens with zero attached hydrogens (tertiary/aromatic N) is 3. The van der Waals surface area contributed by atoms with Crippen molar-refractivity contribution in [1.29, 1.82) is 0 Å². The lowest BCUT2D eigenvalue weighted by atomic mass is 10.4. The van der Waals surface area contributed by atoms with Crippen molar-refractivity contribution in [1.82, 2.24) is 14.6 Å². The fourth-order valence-corrected chi connectivity index (χ4v) is 3.65. The van der Waals surface area contributed by atoms with Crippen LogP contribution in [0.2, 0.25) is 0 Å². The van der Waals surface area contributed by atoms with Gasteiger partial charge in [-0.25, -0.2) is 0 Å². The highest BCUT2D eigenvalue weighted by molar-refractivity contribution is 8.00. The summed E-state index contributed by atoms with van der Waals surface area (Å²) in [6, 6.07) is 4.19. The van der Waals surface area contributed by atoms with Crippen molar-refractivity contribution in [3.63, 3.8) is 0 Å². The standard InChI is InChI=1S/C13H13N3O2S2/c1-3-11-14-15-13(20-7-12(17)18-2)9-6-10-8(16(9)11)4-5-19-10/h4-6H,3,7H2,1-2H3. The summed E-state index contributed by atoms with van der Waals surface area (Å²) in [4.78, 5) is 11.3. The second kappa shape index (κ2) is 5.41. The van der Waals surface area contributed by atoms with Gasteiger partial charge in [0.2, 0.25) is 0 Å². The lowest BCUT2D eigenvalue weighted by Gasteiger charge is -2.06.